The van der Waals surface area contributed by atoms with Gasteiger partial charge in [-0.1, -0.05) is 12.0 Å². The molecule has 0 aromatic heterocycles. The quantitative estimate of drug-likeness (QED) is 0.660. The van der Waals surface area contributed by atoms with Gasteiger partial charge in [0, 0.05) is 9.26 Å². The molecule has 1 aromatic rings. The van der Waals surface area contributed by atoms with Gasteiger partial charge in [0.25, 0.3) is 0 Å². The molecule has 0 unspecified atom stereocenters. The summed E-state index contributed by atoms with van der Waals surface area (Å²) in [6, 6.07) is 5.76. The lowest BCUT2D eigenvalue weighted by Crippen LogP contribution is -2.11. The average Bonchev–Trinajstić information content (AvgIpc) is 2.13. The zero-order valence-corrected chi connectivity index (χ0v) is 9.96. The van der Waals surface area contributed by atoms with Crippen LogP contribution in [0.4, 0.5) is 5.69 Å². The number of halogens is 1. The Kier molecular flexibility index (Phi) is 3.96. The van der Waals surface area contributed by atoms with E-state index in [0.717, 1.165) is 14.8 Å². The maximum Gasteiger partial charge on any atom is 0.236 e. The fourth-order valence-corrected chi connectivity index (χ4v) is 1.53. The van der Waals surface area contributed by atoms with Gasteiger partial charge in [0.2, 0.25) is 5.91 Å². The fraction of sp³-hybridized carbons (Fsp3) is 0.182. The molecule has 0 aliphatic rings. The Bertz CT molecular complexity index is 393. The van der Waals surface area contributed by atoms with Crippen molar-refractivity contribution in [2.24, 2.45) is 0 Å². The van der Waals surface area contributed by atoms with Crippen LogP contribution < -0.4 is 5.32 Å². The highest BCUT2D eigenvalue weighted by atomic mass is 127. The topological polar surface area (TPSA) is 29.1 Å². The first kappa shape index (κ1) is 11.1. The standard InChI is InChI=1S/C11H10INO/c1-3-5-11(14)13-10-7-4-6-9(12)8(10)2/h1,4,6-7H,5H2,2H3,(H,13,14). The molecule has 14 heavy (non-hydrogen) atoms. The molecule has 3 heteroatoms. The van der Waals surface area contributed by atoms with Crippen LogP contribution in [0.5, 0.6) is 0 Å². The molecule has 0 radical (unpaired) electrons. The largest absolute Gasteiger partial charge is 0.325 e. The van der Waals surface area contributed by atoms with Gasteiger partial charge in [-0.3, -0.25) is 4.79 Å². The number of nitrogens with one attached hydrogen (secondary N) is 1. The van der Waals surface area contributed by atoms with Crippen molar-refractivity contribution in [2.45, 2.75) is 13.3 Å². The first-order valence-corrected chi connectivity index (χ1v) is 5.21. The predicted molar refractivity (Wildman–Crippen MR) is 66.0 cm³/mol. The molecular formula is C11H10INO. The van der Waals surface area contributed by atoms with Gasteiger partial charge in [0.15, 0.2) is 0 Å². The molecule has 1 amide bonds. The number of carbonyl (C=O) groups excluding carboxylic acids is 1. The Morgan fingerprint density at radius 1 is 1.64 bits per heavy atom. The summed E-state index contributed by atoms with van der Waals surface area (Å²) in [7, 11) is 0. The molecule has 0 aliphatic carbocycles. The highest BCUT2D eigenvalue weighted by molar-refractivity contribution is 14.1. The smallest absolute Gasteiger partial charge is 0.236 e. The van der Waals surface area contributed by atoms with E-state index in [4.69, 9.17) is 6.42 Å². The zero-order chi connectivity index (χ0) is 10.6. The van der Waals surface area contributed by atoms with E-state index >= 15 is 0 Å². The number of benzene rings is 1. The fourth-order valence-electron chi connectivity index (χ4n) is 1.03. The van der Waals surface area contributed by atoms with E-state index in [0.29, 0.717) is 0 Å². The summed E-state index contributed by atoms with van der Waals surface area (Å²) < 4.78 is 1.13. The Hall–Kier alpha value is -1.02. The van der Waals surface area contributed by atoms with E-state index < -0.39 is 0 Å². The number of terminal acetylenes is 1. The van der Waals surface area contributed by atoms with Crippen molar-refractivity contribution in [1.29, 1.82) is 0 Å². The van der Waals surface area contributed by atoms with Crippen LogP contribution in [0.15, 0.2) is 18.2 Å². The highest BCUT2D eigenvalue weighted by Crippen LogP contribution is 2.20. The summed E-state index contributed by atoms with van der Waals surface area (Å²) in [5.74, 6) is 2.17. The van der Waals surface area contributed by atoms with Crippen LogP contribution in [0.1, 0.15) is 12.0 Å². The third-order valence-corrected chi connectivity index (χ3v) is 2.97. The monoisotopic (exact) mass is 299 g/mol. The first-order valence-electron chi connectivity index (χ1n) is 4.13. The second-order valence-electron chi connectivity index (χ2n) is 2.84. The molecule has 0 heterocycles. The summed E-state index contributed by atoms with van der Waals surface area (Å²) in [5.41, 5.74) is 1.90. The predicted octanol–water partition coefficient (Wildman–Crippen LogP) is 2.56. The summed E-state index contributed by atoms with van der Waals surface area (Å²) in [5, 5.41) is 2.77. The molecule has 0 saturated heterocycles. The van der Waals surface area contributed by atoms with Crippen LogP contribution in [-0.4, -0.2) is 5.91 Å². The Morgan fingerprint density at radius 3 is 3.00 bits per heavy atom. The summed E-state index contributed by atoms with van der Waals surface area (Å²) in [6.07, 6.45) is 5.15. The number of carbonyl (C=O) groups is 1. The van der Waals surface area contributed by atoms with Crippen LogP contribution in [0.2, 0.25) is 0 Å². The van der Waals surface area contributed by atoms with Crippen LogP contribution in [-0.2, 0) is 4.79 Å². The van der Waals surface area contributed by atoms with Gasteiger partial charge >= 0.3 is 0 Å². The van der Waals surface area contributed by atoms with Crippen LogP contribution in [0.3, 0.4) is 0 Å². The van der Waals surface area contributed by atoms with Crippen LogP contribution in [0.25, 0.3) is 0 Å². The van der Waals surface area contributed by atoms with Crippen molar-refractivity contribution >= 4 is 34.2 Å². The third-order valence-electron chi connectivity index (χ3n) is 1.80. The molecule has 1 aromatic carbocycles. The molecule has 0 atom stereocenters. The molecule has 0 spiro atoms. The minimum absolute atomic E-state index is 0.116. The van der Waals surface area contributed by atoms with Crippen LogP contribution in [0, 0.1) is 22.8 Å². The van der Waals surface area contributed by atoms with Crippen molar-refractivity contribution in [3.8, 4) is 12.3 Å². The summed E-state index contributed by atoms with van der Waals surface area (Å²) in [4.78, 5) is 11.2. The second-order valence-corrected chi connectivity index (χ2v) is 4.00. The van der Waals surface area contributed by atoms with Crippen molar-refractivity contribution < 1.29 is 4.79 Å². The second kappa shape index (κ2) is 5.01. The zero-order valence-electron chi connectivity index (χ0n) is 7.80. The van der Waals surface area contributed by atoms with Gasteiger partial charge in [-0.05, 0) is 47.2 Å². The van der Waals surface area contributed by atoms with Gasteiger partial charge in [-0.15, -0.1) is 6.42 Å². The number of hydrogen-bond donors (Lipinski definition) is 1. The third kappa shape index (κ3) is 2.74. The molecule has 0 aliphatic heterocycles. The van der Waals surface area contributed by atoms with Gasteiger partial charge < -0.3 is 5.32 Å². The van der Waals surface area contributed by atoms with E-state index in [1.54, 1.807) is 0 Å². The van der Waals surface area contributed by atoms with Gasteiger partial charge in [0.05, 0.1) is 6.42 Å². The van der Waals surface area contributed by atoms with Gasteiger partial charge in [-0.25, -0.2) is 0 Å². The van der Waals surface area contributed by atoms with Gasteiger partial charge in [-0.2, -0.15) is 0 Å². The number of anilines is 1. The molecule has 1 N–H and O–H groups in total. The minimum Gasteiger partial charge on any atom is -0.325 e. The lowest BCUT2D eigenvalue weighted by atomic mass is 10.2. The van der Waals surface area contributed by atoms with E-state index in [1.165, 1.54) is 0 Å². The number of amides is 1. The SMILES string of the molecule is C#CCC(=O)Nc1cccc(I)c1C. The minimum atomic E-state index is -0.141. The average molecular weight is 299 g/mol. The molecule has 0 bridgehead atoms. The molecule has 0 saturated carbocycles. The maximum atomic E-state index is 11.2. The van der Waals surface area contributed by atoms with Gasteiger partial charge in [0.1, 0.15) is 0 Å². The van der Waals surface area contributed by atoms with Crippen molar-refractivity contribution in [3.63, 3.8) is 0 Å². The van der Waals surface area contributed by atoms with Crippen molar-refractivity contribution in [1.82, 2.24) is 0 Å². The lowest BCUT2D eigenvalue weighted by Gasteiger charge is -2.07. The molecule has 72 valence electrons. The van der Waals surface area contributed by atoms with E-state index in [-0.39, 0.29) is 12.3 Å². The number of rotatable bonds is 2. The Morgan fingerprint density at radius 2 is 2.36 bits per heavy atom. The molecule has 2 nitrogen and oxygen atoms in total. The summed E-state index contributed by atoms with van der Waals surface area (Å²) >= 11 is 2.23. The molecule has 1 rings (SSSR count). The maximum absolute atomic E-state index is 11.2. The first-order chi connectivity index (χ1) is 6.65. The molecule has 0 fully saturated rings. The Balaban J connectivity index is 2.83. The van der Waals surface area contributed by atoms with Crippen molar-refractivity contribution in [2.75, 3.05) is 5.32 Å². The Labute approximate surface area is 97.2 Å². The number of hydrogen-bond acceptors (Lipinski definition) is 1. The van der Waals surface area contributed by atoms with E-state index in [1.807, 2.05) is 25.1 Å². The van der Waals surface area contributed by atoms with E-state index in [9.17, 15) is 4.79 Å². The van der Waals surface area contributed by atoms with Crippen molar-refractivity contribution in [3.05, 3.63) is 27.3 Å². The molecular weight excluding hydrogens is 289 g/mol. The highest BCUT2D eigenvalue weighted by Gasteiger charge is 2.04. The van der Waals surface area contributed by atoms with Crippen LogP contribution >= 0.6 is 22.6 Å². The normalized spacial score (nSPS) is 9.21. The summed E-state index contributed by atoms with van der Waals surface area (Å²) in [6.45, 7) is 1.97. The van der Waals surface area contributed by atoms with E-state index in [2.05, 4.69) is 33.8 Å². The lowest BCUT2D eigenvalue weighted by molar-refractivity contribution is -0.115.